The van der Waals surface area contributed by atoms with Crippen molar-refractivity contribution in [2.24, 2.45) is 0 Å². The van der Waals surface area contributed by atoms with Gasteiger partial charge in [-0.3, -0.25) is 0 Å². The SMILES string of the molecule is [CH]c1c(F)c(F)c([CH])c(F)c1F. The quantitative estimate of drug-likeness (QED) is 0.418. The zero-order valence-corrected chi connectivity index (χ0v) is 5.67. The number of rotatable bonds is 0. The molecule has 0 bridgehead atoms. The van der Waals surface area contributed by atoms with E-state index >= 15 is 0 Å². The zero-order chi connectivity index (χ0) is 9.46. The van der Waals surface area contributed by atoms with Crippen molar-refractivity contribution in [3.63, 3.8) is 0 Å². The molecule has 62 valence electrons. The Bertz CT molecular complexity index is 225. The third-order valence-electron chi connectivity index (χ3n) is 1.33. The van der Waals surface area contributed by atoms with E-state index in [-0.39, 0.29) is 0 Å². The summed E-state index contributed by atoms with van der Waals surface area (Å²) in [6.07, 6.45) is 0. The topological polar surface area (TPSA) is 0 Å². The van der Waals surface area contributed by atoms with E-state index in [0.717, 1.165) is 0 Å². The Morgan fingerprint density at radius 1 is 0.583 bits per heavy atom. The lowest BCUT2D eigenvalue weighted by Crippen LogP contribution is -2.02. The van der Waals surface area contributed by atoms with Crippen LogP contribution in [0, 0.1) is 37.1 Å². The second-order valence-corrected chi connectivity index (χ2v) is 2.08. The lowest BCUT2D eigenvalue weighted by molar-refractivity contribution is 0.444. The Balaban J connectivity index is 3.60. The molecule has 0 amide bonds. The van der Waals surface area contributed by atoms with E-state index in [4.69, 9.17) is 0 Å². The molecule has 0 saturated heterocycles. The summed E-state index contributed by atoms with van der Waals surface area (Å²) >= 11 is 0. The summed E-state index contributed by atoms with van der Waals surface area (Å²) in [6.45, 7) is 9.33. The second kappa shape index (κ2) is 2.77. The monoisotopic (exact) mass is 174 g/mol. The molecule has 0 N–H and O–H groups in total. The van der Waals surface area contributed by atoms with Gasteiger partial charge in [0.25, 0.3) is 0 Å². The maximum Gasteiger partial charge on any atom is 0.165 e. The fourth-order valence-corrected chi connectivity index (χ4v) is 0.666. The summed E-state index contributed by atoms with van der Waals surface area (Å²) in [7, 11) is 0. The number of hydrogen-bond acceptors (Lipinski definition) is 0. The summed E-state index contributed by atoms with van der Waals surface area (Å²) in [5, 5.41) is 0. The van der Waals surface area contributed by atoms with Gasteiger partial charge in [-0.2, -0.15) is 0 Å². The maximum atomic E-state index is 12.4. The van der Waals surface area contributed by atoms with Crippen LogP contribution in [0.2, 0.25) is 0 Å². The average molecular weight is 174 g/mol. The molecule has 1 aromatic rings. The Morgan fingerprint density at radius 3 is 0.917 bits per heavy atom. The van der Waals surface area contributed by atoms with Crippen molar-refractivity contribution >= 4 is 0 Å². The third kappa shape index (κ3) is 1.07. The van der Waals surface area contributed by atoms with Gasteiger partial charge in [-0.05, 0) is 0 Å². The highest BCUT2D eigenvalue weighted by Gasteiger charge is 2.19. The summed E-state index contributed by atoms with van der Waals surface area (Å²) in [5.74, 6) is -6.70. The summed E-state index contributed by atoms with van der Waals surface area (Å²) < 4.78 is 49.8. The van der Waals surface area contributed by atoms with Gasteiger partial charge in [0.15, 0.2) is 23.3 Å². The first kappa shape index (κ1) is 9.03. The molecule has 0 aliphatic heterocycles. The fraction of sp³-hybridized carbons (Fsp3) is 0. The molecule has 0 aliphatic carbocycles. The van der Waals surface area contributed by atoms with E-state index in [1.54, 1.807) is 0 Å². The van der Waals surface area contributed by atoms with Crippen molar-refractivity contribution in [3.8, 4) is 0 Å². The molecule has 0 atom stereocenters. The highest BCUT2D eigenvalue weighted by molar-refractivity contribution is 5.32. The summed E-state index contributed by atoms with van der Waals surface area (Å²) in [6, 6.07) is 0. The second-order valence-electron chi connectivity index (χ2n) is 2.08. The predicted molar refractivity (Wildman–Crippen MR) is 33.1 cm³/mol. The molecule has 4 heteroatoms. The molecule has 1 aromatic carbocycles. The molecule has 1 rings (SSSR count). The van der Waals surface area contributed by atoms with Gasteiger partial charge < -0.3 is 0 Å². The largest absolute Gasteiger partial charge is 0.203 e. The number of benzene rings is 1. The number of halogens is 4. The molecule has 0 heterocycles. The van der Waals surface area contributed by atoms with E-state index in [2.05, 4.69) is 13.8 Å². The Labute approximate surface area is 66.8 Å². The smallest absolute Gasteiger partial charge is 0.165 e. The average Bonchev–Trinajstić information content (AvgIpc) is 2.08. The van der Waals surface area contributed by atoms with Crippen LogP contribution in [0.3, 0.4) is 0 Å². The molecule has 0 spiro atoms. The van der Waals surface area contributed by atoms with Crippen molar-refractivity contribution in [1.29, 1.82) is 0 Å². The van der Waals surface area contributed by atoms with Crippen molar-refractivity contribution in [3.05, 3.63) is 48.2 Å². The van der Waals surface area contributed by atoms with E-state index in [9.17, 15) is 17.6 Å². The van der Waals surface area contributed by atoms with Crippen LogP contribution in [0.5, 0.6) is 0 Å². The van der Waals surface area contributed by atoms with Crippen molar-refractivity contribution in [1.82, 2.24) is 0 Å². The zero-order valence-electron chi connectivity index (χ0n) is 5.67. The van der Waals surface area contributed by atoms with Gasteiger partial charge in [0, 0.05) is 25.0 Å². The molecule has 0 unspecified atom stereocenters. The van der Waals surface area contributed by atoms with Crippen molar-refractivity contribution in [2.45, 2.75) is 0 Å². The van der Waals surface area contributed by atoms with Crippen LogP contribution in [0.15, 0.2) is 0 Å². The van der Waals surface area contributed by atoms with E-state index in [1.165, 1.54) is 0 Å². The first-order valence-electron chi connectivity index (χ1n) is 2.83. The number of hydrogen-bond donors (Lipinski definition) is 0. The Hall–Kier alpha value is -1.06. The molecule has 4 radical (unpaired) electrons. The summed E-state index contributed by atoms with van der Waals surface area (Å²) in [4.78, 5) is 0. The van der Waals surface area contributed by atoms with Crippen LogP contribution in [-0.2, 0) is 0 Å². The van der Waals surface area contributed by atoms with Crippen LogP contribution >= 0.6 is 0 Å². The van der Waals surface area contributed by atoms with E-state index in [0.29, 0.717) is 0 Å². The van der Waals surface area contributed by atoms with Crippen molar-refractivity contribution < 1.29 is 17.6 Å². The molecule has 12 heavy (non-hydrogen) atoms. The fourth-order valence-electron chi connectivity index (χ4n) is 0.666. The van der Waals surface area contributed by atoms with Crippen LogP contribution in [0.25, 0.3) is 0 Å². The van der Waals surface area contributed by atoms with Gasteiger partial charge >= 0.3 is 0 Å². The predicted octanol–water partition coefficient (Wildman–Crippen LogP) is 2.36. The van der Waals surface area contributed by atoms with Gasteiger partial charge in [-0.25, -0.2) is 17.6 Å². The van der Waals surface area contributed by atoms with Gasteiger partial charge in [0.05, 0.1) is 0 Å². The minimum atomic E-state index is -1.67. The van der Waals surface area contributed by atoms with Gasteiger partial charge in [0.2, 0.25) is 0 Å². The molecule has 0 aromatic heterocycles. The highest BCUT2D eigenvalue weighted by atomic mass is 19.2. The standard InChI is InChI=1S/C8H2F4/c1-3-5(9)7(11)4(2)8(12)6(3)10/h1-2H. The van der Waals surface area contributed by atoms with Crippen LogP contribution < -0.4 is 0 Å². The summed E-state index contributed by atoms with van der Waals surface area (Å²) in [5.41, 5.74) is -2.42. The maximum absolute atomic E-state index is 12.4. The first-order chi connectivity index (χ1) is 5.46. The molecule has 0 aliphatic rings. The molecule has 0 nitrogen and oxygen atoms in total. The first-order valence-corrected chi connectivity index (χ1v) is 2.83. The minimum absolute atomic E-state index is 1.21. The lowest BCUT2D eigenvalue weighted by atomic mass is 10.1. The Kier molecular flexibility index (Phi) is 2.08. The molecular weight excluding hydrogens is 172 g/mol. The lowest BCUT2D eigenvalue weighted by Gasteiger charge is -2.04. The molecule has 0 saturated carbocycles. The van der Waals surface area contributed by atoms with Crippen LogP contribution in [0.4, 0.5) is 17.6 Å². The Morgan fingerprint density at radius 2 is 0.750 bits per heavy atom. The molecular formula is C8H2F4. The van der Waals surface area contributed by atoms with E-state index < -0.39 is 34.4 Å². The third-order valence-corrected chi connectivity index (χ3v) is 1.33. The van der Waals surface area contributed by atoms with Crippen molar-refractivity contribution in [2.75, 3.05) is 0 Å². The minimum Gasteiger partial charge on any atom is -0.203 e. The van der Waals surface area contributed by atoms with Gasteiger partial charge in [-0.1, -0.05) is 0 Å². The van der Waals surface area contributed by atoms with Crippen LogP contribution in [-0.4, -0.2) is 0 Å². The normalized spacial score (nSPS) is 10.5. The van der Waals surface area contributed by atoms with Gasteiger partial charge in [0.1, 0.15) is 0 Å². The van der Waals surface area contributed by atoms with E-state index in [1.807, 2.05) is 0 Å². The molecule has 0 fully saturated rings. The van der Waals surface area contributed by atoms with Crippen LogP contribution in [0.1, 0.15) is 11.1 Å². The highest BCUT2D eigenvalue weighted by Crippen LogP contribution is 2.22. The van der Waals surface area contributed by atoms with Gasteiger partial charge in [-0.15, -0.1) is 0 Å².